The molecule has 0 amide bonds. The highest BCUT2D eigenvalue weighted by Crippen LogP contribution is 2.32. The molecule has 7 heteroatoms. The van der Waals surface area contributed by atoms with Gasteiger partial charge in [-0.3, -0.25) is 4.99 Å². The molecular formula is C13H17IN4O2. The van der Waals surface area contributed by atoms with Gasteiger partial charge >= 0.3 is 0 Å². The van der Waals surface area contributed by atoms with Gasteiger partial charge in [-0.05, 0) is 24.1 Å². The van der Waals surface area contributed by atoms with Crippen LogP contribution in [0.5, 0.6) is 11.5 Å². The standard InChI is InChI=1S/C13H16N4O2.HI/c1-5-14-13(15-6-1)17-16-7-4-10-2-3-11-12(8-10)19-9-18-11;/h2-3,7-8H,1,4-6,9H2,(H2,14,15,17);1H/b16-7+;. The molecule has 2 aliphatic rings. The summed E-state index contributed by atoms with van der Waals surface area (Å²) in [6.07, 6.45) is 3.62. The highest BCUT2D eigenvalue weighted by Gasteiger charge is 2.12. The molecule has 0 spiro atoms. The van der Waals surface area contributed by atoms with E-state index in [-0.39, 0.29) is 24.0 Å². The van der Waals surface area contributed by atoms with Crippen LogP contribution >= 0.6 is 24.0 Å². The molecule has 1 aromatic rings. The van der Waals surface area contributed by atoms with Crippen LogP contribution in [-0.2, 0) is 6.42 Å². The summed E-state index contributed by atoms with van der Waals surface area (Å²) in [4.78, 5) is 4.27. The van der Waals surface area contributed by atoms with Crippen LogP contribution in [0.1, 0.15) is 12.0 Å². The van der Waals surface area contributed by atoms with E-state index in [1.165, 1.54) is 0 Å². The van der Waals surface area contributed by atoms with E-state index >= 15 is 0 Å². The van der Waals surface area contributed by atoms with Gasteiger partial charge in [0.2, 0.25) is 12.8 Å². The Labute approximate surface area is 134 Å². The first-order valence-electron chi connectivity index (χ1n) is 6.36. The molecule has 0 saturated heterocycles. The van der Waals surface area contributed by atoms with Crippen LogP contribution in [0.25, 0.3) is 0 Å². The average molecular weight is 388 g/mol. The molecule has 0 unspecified atom stereocenters. The smallest absolute Gasteiger partial charge is 0.231 e. The van der Waals surface area contributed by atoms with Crippen LogP contribution < -0.4 is 20.2 Å². The number of rotatable bonds is 3. The van der Waals surface area contributed by atoms with E-state index in [1.807, 2.05) is 24.4 Å². The Bertz CT molecular complexity index is 519. The second-order valence-corrected chi connectivity index (χ2v) is 4.33. The second-order valence-electron chi connectivity index (χ2n) is 4.33. The Kier molecular flexibility index (Phi) is 5.45. The van der Waals surface area contributed by atoms with Gasteiger partial charge in [0.1, 0.15) is 0 Å². The number of nitrogens with zero attached hydrogens (tertiary/aromatic N) is 2. The summed E-state index contributed by atoms with van der Waals surface area (Å²) in [5.41, 5.74) is 4.03. The molecule has 20 heavy (non-hydrogen) atoms. The minimum Gasteiger partial charge on any atom is -0.454 e. The molecule has 6 nitrogen and oxygen atoms in total. The van der Waals surface area contributed by atoms with E-state index in [4.69, 9.17) is 9.47 Å². The van der Waals surface area contributed by atoms with Crippen LogP contribution in [0.4, 0.5) is 0 Å². The number of benzene rings is 1. The molecule has 0 saturated carbocycles. The molecule has 2 heterocycles. The third kappa shape index (κ3) is 3.75. The zero-order valence-electron chi connectivity index (χ0n) is 11.0. The number of aliphatic imine (C=N–C) groups is 1. The van der Waals surface area contributed by atoms with Gasteiger partial charge in [0.05, 0.1) is 0 Å². The normalized spacial score (nSPS) is 16.3. The number of nitrogens with one attached hydrogen (secondary N) is 2. The molecule has 0 atom stereocenters. The lowest BCUT2D eigenvalue weighted by Crippen LogP contribution is -2.38. The molecule has 3 rings (SSSR count). The number of hydrogen-bond donors (Lipinski definition) is 2. The van der Waals surface area contributed by atoms with Crippen LogP contribution in [-0.4, -0.2) is 32.1 Å². The van der Waals surface area contributed by atoms with Gasteiger partial charge in [0.25, 0.3) is 0 Å². The zero-order chi connectivity index (χ0) is 12.9. The molecule has 0 aromatic heterocycles. The molecule has 2 aliphatic heterocycles. The Morgan fingerprint density at radius 2 is 2.25 bits per heavy atom. The number of hydrogen-bond acceptors (Lipinski definition) is 6. The van der Waals surface area contributed by atoms with Crippen molar-refractivity contribution in [3.8, 4) is 11.5 Å². The van der Waals surface area contributed by atoms with Gasteiger partial charge < -0.3 is 14.8 Å². The average Bonchev–Trinajstić information content (AvgIpc) is 2.92. The Hall–Kier alpha value is -1.51. The lowest BCUT2D eigenvalue weighted by Gasteiger charge is -2.12. The van der Waals surface area contributed by atoms with Crippen LogP contribution in [0.2, 0.25) is 0 Å². The van der Waals surface area contributed by atoms with Gasteiger partial charge in [-0.2, -0.15) is 5.10 Å². The van der Waals surface area contributed by atoms with E-state index in [9.17, 15) is 0 Å². The SMILES string of the molecule is C(/Cc1ccc2c(c1)OCO2)=N\NC1=NCCCN1.I. The number of fused-ring (bicyclic) bond motifs is 1. The van der Waals surface area contributed by atoms with Crippen molar-refractivity contribution in [2.75, 3.05) is 19.9 Å². The largest absolute Gasteiger partial charge is 0.454 e. The fraction of sp³-hybridized carbons (Fsp3) is 0.385. The number of guanidine groups is 1. The van der Waals surface area contributed by atoms with Crippen molar-refractivity contribution >= 4 is 36.2 Å². The summed E-state index contributed by atoms with van der Waals surface area (Å²) in [5.74, 6) is 2.35. The maximum absolute atomic E-state index is 5.33. The fourth-order valence-corrected chi connectivity index (χ4v) is 1.93. The van der Waals surface area contributed by atoms with Gasteiger partial charge in [0, 0.05) is 25.7 Å². The molecular weight excluding hydrogens is 371 g/mol. The summed E-state index contributed by atoms with van der Waals surface area (Å²) >= 11 is 0. The predicted molar refractivity (Wildman–Crippen MR) is 88.2 cm³/mol. The summed E-state index contributed by atoms with van der Waals surface area (Å²) in [5, 5.41) is 7.28. The predicted octanol–water partition coefficient (Wildman–Crippen LogP) is 1.50. The highest BCUT2D eigenvalue weighted by atomic mass is 127. The first-order valence-corrected chi connectivity index (χ1v) is 6.36. The van der Waals surface area contributed by atoms with E-state index in [0.717, 1.165) is 49.0 Å². The van der Waals surface area contributed by atoms with Crippen molar-refractivity contribution in [3.63, 3.8) is 0 Å². The lowest BCUT2D eigenvalue weighted by molar-refractivity contribution is 0.174. The van der Waals surface area contributed by atoms with E-state index in [2.05, 4.69) is 20.8 Å². The number of ether oxygens (including phenoxy) is 2. The molecule has 2 N–H and O–H groups in total. The molecule has 0 radical (unpaired) electrons. The van der Waals surface area contributed by atoms with Gasteiger partial charge in [-0.15, -0.1) is 24.0 Å². The minimum atomic E-state index is 0. The van der Waals surface area contributed by atoms with Gasteiger partial charge in [-0.25, -0.2) is 5.43 Å². The van der Waals surface area contributed by atoms with Crippen molar-refractivity contribution in [3.05, 3.63) is 23.8 Å². The Morgan fingerprint density at radius 3 is 3.10 bits per heavy atom. The van der Waals surface area contributed by atoms with Gasteiger partial charge in [-0.1, -0.05) is 6.07 Å². The molecule has 0 aliphatic carbocycles. The minimum absolute atomic E-state index is 0. The topological polar surface area (TPSA) is 67.2 Å². The fourth-order valence-electron chi connectivity index (χ4n) is 1.93. The Balaban J connectivity index is 0.00000147. The van der Waals surface area contributed by atoms with Crippen LogP contribution in [0.15, 0.2) is 28.3 Å². The Morgan fingerprint density at radius 1 is 1.35 bits per heavy atom. The highest BCUT2D eigenvalue weighted by molar-refractivity contribution is 14.0. The monoisotopic (exact) mass is 388 g/mol. The summed E-state index contributed by atoms with van der Waals surface area (Å²) in [6.45, 7) is 2.11. The van der Waals surface area contributed by atoms with Crippen LogP contribution in [0, 0.1) is 0 Å². The summed E-state index contributed by atoms with van der Waals surface area (Å²) in [7, 11) is 0. The summed E-state index contributed by atoms with van der Waals surface area (Å²) < 4.78 is 10.6. The quantitative estimate of drug-likeness (QED) is 0.468. The molecule has 1 aromatic carbocycles. The van der Waals surface area contributed by atoms with Crippen molar-refractivity contribution in [2.24, 2.45) is 10.1 Å². The maximum atomic E-state index is 5.33. The third-order valence-electron chi connectivity index (χ3n) is 2.92. The first-order chi connectivity index (χ1) is 9.42. The molecule has 0 fully saturated rings. The van der Waals surface area contributed by atoms with Crippen molar-refractivity contribution in [1.82, 2.24) is 10.7 Å². The van der Waals surface area contributed by atoms with Crippen molar-refractivity contribution in [1.29, 1.82) is 0 Å². The van der Waals surface area contributed by atoms with E-state index in [1.54, 1.807) is 0 Å². The van der Waals surface area contributed by atoms with E-state index < -0.39 is 0 Å². The van der Waals surface area contributed by atoms with E-state index in [0.29, 0.717) is 6.79 Å². The van der Waals surface area contributed by atoms with Crippen LogP contribution in [0.3, 0.4) is 0 Å². The summed E-state index contributed by atoms with van der Waals surface area (Å²) in [6, 6.07) is 5.91. The second kappa shape index (κ2) is 7.32. The number of halogens is 1. The maximum Gasteiger partial charge on any atom is 0.231 e. The zero-order valence-corrected chi connectivity index (χ0v) is 13.3. The molecule has 0 bridgehead atoms. The van der Waals surface area contributed by atoms with Crippen molar-refractivity contribution < 1.29 is 9.47 Å². The van der Waals surface area contributed by atoms with Crippen molar-refractivity contribution in [2.45, 2.75) is 12.8 Å². The van der Waals surface area contributed by atoms with Gasteiger partial charge in [0.15, 0.2) is 11.5 Å². The first kappa shape index (κ1) is 14.9. The molecule has 108 valence electrons. The number of hydrazone groups is 1. The lowest BCUT2D eigenvalue weighted by atomic mass is 10.1. The third-order valence-corrected chi connectivity index (χ3v) is 2.92.